The Morgan fingerprint density at radius 3 is 2.52 bits per heavy atom. The van der Waals surface area contributed by atoms with Crippen molar-refractivity contribution in [2.24, 2.45) is 0 Å². The average molecular weight is 398 g/mol. The number of carbonyl (C=O) groups is 1. The molecule has 0 spiro atoms. The molecule has 9 heteroatoms. The van der Waals surface area contributed by atoms with E-state index in [-0.39, 0.29) is 36.8 Å². The molecule has 1 N–H and O–H groups in total. The van der Waals surface area contributed by atoms with E-state index in [0.29, 0.717) is 37.8 Å². The molecule has 1 fully saturated rings. The highest BCUT2D eigenvalue weighted by molar-refractivity contribution is 7.89. The van der Waals surface area contributed by atoms with E-state index in [1.165, 1.54) is 4.31 Å². The number of morpholine rings is 1. The van der Waals surface area contributed by atoms with Crippen LogP contribution in [0.4, 0.5) is 0 Å². The zero-order chi connectivity index (χ0) is 19.4. The summed E-state index contributed by atoms with van der Waals surface area (Å²) in [6.07, 6.45) is -0.107. The van der Waals surface area contributed by atoms with Crippen LogP contribution in [0.25, 0.3) is 0 Å². The van der Waals surface area contributed by atoms with E-state index in [9.17, 15) is 13.2 Å². The summed E-state index contributed by atoms with van der Waals surface area (Å²) in [6, 6.07) is 5.37. The van der Waals surface area contributed by atoms with Crippen LogP contribution in [-0.2, 0) is 26.0 Å². The summed E-state index contributed by atoms with van der Waals surface area (Å²) >= 11 is 0. The molecule has 2 atom stereocenters. The lowest BCUT2D eigenvalue weighted by atomic mass is 10.1. The van der Waals surface area contributed by atoms with Gasteiger partial charge in [0.2, 0.25) is 15.9 Å². The second-order valence-corrected chi connectivity index (χ2v) is 8.98. The van der Waals surface area contributed by atoms with Gasteiger partial charge in [-0.3, -0.25) is 4.79 Å². The van der Waals surface area contributed by atoms with Gasteiger partial charge in [0.1, 0.15) is 13.2 Å². The number of amides is 1. The lowest BCUT2D eigenvalue weighted by molar-refractivity contribution is -0.120. The number of hydrogen-bond acceptors (Lipinski definition) is 6. The molecule has 0 bridgehead atoms. The molecule has 1 amide bonds. The molecule has 1 saturated heterocycles. The maximum absolute atomic E-state index is 12.5. The molecule has 3 rings (SSSR count). The van der Waals surface area contributed by atoms with Gasteiger partial charge in [0.25, 0.3) is 0 Å². The Kier molecular flexibility index (Phi) is 6.23. The number of carbonyl (C=O) groups excluding carboxylic acids is 1. The second-order valence-electron chi connectivity index (χ2n) is 6.90. The molecule has 0 unspecified atom stereocenters. The van der Waals surface area contributed by atoms with Crippen LogP contribution in [0.15, 0.2) is 18.2 Å². The summed E-state index contributed by atoms with van der Waals surface area (Å²) < 4.78 is 42.9. The van der Waals surface area contributed by atoms with Gasteiger partial charge < -0.3 is 19.5 Å². The topological polar surface area (TPSA) is 94.2 Å². The standard InChI is InChI=1S/C18H26N2O6S/c1-13-11-20(12-14(2)26-13)27(22,23)8-5-19-18(21)10-15-3-4-16-17(9-15)25-7-6-24-16/h3-4,9,13-14H,5-8,10-12H2,1-2H3,(H,19,21)/t13-,14+. The van der Waals surface area contributed by atoms with Crippen LogP contribution < -0.4 is 14.8 Å². The van der Waals surface area contributed by atoms with Gasteiger partial charge in [-0.2, -0.15) is 4.31 Å². The lowest BCUT2D eigenvalue weighted by Gasteiger charge is -2.34. The van der Waals surface area contributed by atoms with Crippen LogP contribution >= 0.6 is 0 Å². The normalized spacial score (nSPS) is 23.0. The second kappa shape index (κ2) is 8.45. The highest BCUT2D eigenvalue weighted by atomic mass is 32.2. The minimum atomic E-state index is -3.43. The van der Waals surface area contributed by atoms with Crippen LogP contribution in [0.2, 0.25) is 0 Å². The fraction of sp³-hybridized carbons (Fsp3) is 0.611. The first-order valence-corrected chi connectivity index (χ1v) is 10.7. The van der Waals surface area contributed by atoms with Crippen molar-refractivity contribution < 1.29 is 27.4 Å². The van der Waals surface area contributed by atoms with Gasteiger partial charge in [-0.15, -0.1) is 0 Å². The largest absolute Gasteiger partial charge is 0.486 e. The summed E-state index contributed by atoms with van der Waals surface area (Å²) in [7, 11) is -3.43. The maximum Gasteiger partial charge on any atom is 0.224 e. The molecule has 0 radical (unpaired) electrons. The minimum absolute atomic E-state index is 0.0752. The average Bonchev–Trinajstić information content (AvgIpc) is 2.60. The zero-order valence-electron chi connectivity index (χ0n) is 15.6. The molecular weight excluding hydrogens is 372 g/mol. The molecule has 1 aromatic rings. The van der Waals surface area contributed by atoms with Crippen LogP contribution in [0, 0.1) is 0 Å². The first-order valence-electron chi connectivity index (χ1n) is 9.12. The molecule has 2 aliphatic rings. The fourth-order valence-corrected chi connectivity index (χ4v) is 4.74. The number of fused-ring (bicyclic) bond motifs is 1. The molecule has 1 aromatic carbocycles. The SMILES string of the molecule is C[C@@H]1CN(S(=O)(=O)CCNC(=O)Cc2ccc3c(c2)OCCO3)C[C@H](C)O1. The van der Waals surface area contributed by atoms with Crippen molar-refractivity contribution in [3.05, 3.63) is 23.8 Å². The number of rotatable bonds is 6. The van der Waals surface area contributed by atoms with E-state index >= 15 is 0 Å². The van der Waals surface area contributed by atoms with E-state index in [1.807, 2.05) is 13.8 Å². The van der Waals surface area contributed by atoms with Gasteiger partial charge in [0.05, 0.1) is 24.4 Å². The van der Waals surface area contributed by atoms with E-state index < -0.39 is 10.0 Å². The Morgan fingerprint density at radius 2 is 1.81 bits per heavy atom. The first kappa shape index (κ1) is 19.9. The lowest BCUT2D eigenvalue weighted by Crippen LogP contribution is -2.49. The number of nitrogens with zero attached hydrogens (tertiary/aromatic N) is 1. The van der Waals surface area contributed by atoms with Crippen molar-refractivity contribution in [1.29, 1.82) is 0 Å². The maximum atomic E-state index is 12.5. The first-order chi connectivity index (χ1) is 12.8. The van der Waals surface area contributed by atoms with Crippen LogP contribution in [-0.4, -0.2) is 69.4 Å². The molecule has 2 aliphatic heterocycles. The Morgan fingerprint density at radius 1 is 1.15 bits per heavy atom. The monoisotopic (exact) mass is 398 g/mol. The van der Waals surface area contributed by atoms with Gasteiger partial charge in [-0.05, 0) is 31.5 Å². The quantitative estimate of drug-likeness (QED) is 0.752. The summed E-state index contributed by atoms with van der Waals surface area (Å²) in [5, 5.41) is 2.68. The molecule has 150 valence electrons. The molecule has 8 nitrogen and oxygen atoms in total. The van der Waals surface area contributed by atoms with Crippen LogP contribution in [0.3, 0.4) is 0 Å². The molecule has 27 heavy (non-hydrogen) atoms. The van der Waals surface area contributed by atoms with E-state index in [1.54, 1.807) is 18.2 Å². The Balaban J connectivity index is 1.48. The van der Waals surface area contributed by atoms with Gasteiger partial charge in [-0.1, -0.05) is 6.07 Å². The van der Waals surface area contributed by atoms with Crippen molar-refractivity contribution in [1.82, 2.24) is 9.62 Å². The predicted octanol–water partition coefficient (Wildman–Crippen LogP) is 0.556. The minimum Gasteiger partial charge on any atom is -0.486 e. The molecule has 0 aromatic heterocycles. The van der Waals surface area contributed by atoms with E-state index in [2.05, 4.69) is 5.32 Å². The highest BCUT2D eigenvalue weighted by Gasteiger charge is 2.30. The van der Waals surface area contributed by atoms with Gasteiger partial charge in [-0.25, -0.2) is 8.42 Å². The summed E-state index contributed by atoms with van der Waals surface area (Å²) in [5.74, 6) is 0.944. The zero-order valence-corrected chi connectivity index (χ0v) is 16.5. The number of benzene rings is 1. The third-order valence-electron chi connectivity index (χ3n) is 4.43. The third kappa shape index (κ3) is 5.33. The van der Waals surface area contributed by atoms with Crippen molar-refractivity contribution in [2.45, 2.75) is 32.5 Å². The van der Waals surface area contributed by atoms with Crippen LogP contribution in [0.5, 0.6) is 11.5 Å². The molecule has 2 heterocycles. The Labute approximate surface area is 159 Å². The fourth-order valence-electron chi connectivity index (χ4n) is 3.25. The molecule has 0 aliphatic carbocycles. The summed E-state index contributed by atoms with van der Waals surface area (Å²) in [6.45, 7) is 5.48. The van der Waals surface area contributed by atoms with Crippen LogP contribution in [0.1, 0.15) is 19.4 Å². The molecule has 0 saturated carbocycles. The van der Waals surface area contributed by atoms with Crippen molar-refractivity contribution in [3.8, 4) is 11.5 Å². The van der Waals surface area contributed by atoms with E-state index in [4.69, 9.17) is 14.2 Å². The van der Waals surface area contributed by atoms with Gasteiger partial charge in [0.15, 0.2) is 11.5 Å². The number of ether oxygens (including phenoxy) is 3. The highest BCUT2D eigenvalue weighted by Crippen LogP contribution is 2.30. The third-order valence-corrected chi connectivity index (χ3v) is 6.24. The Bertz CT molecular complexity index is 772. The summed E-state index contributed by atoms with van der Waals surface area (Å²) in [4.78, 5) is 12.1. The van der Waals surface area contributed by atoms with Gasteiger partial charge in [0, 0.05) is 19.6 Å². The van der Waals surface area contributed by atoms with E-state index in [0.717, 1.165) is 5.56 Å². The van der Waals surface area contributed by atoms with Crippen molar-refractivity contribution in [2.75, 3.05) is 38.6 Å². The summed E-state index contributed by atoms with van der Waals surface area (Å²) in [5.41, 5.74) is 0.787. The predicted molar refractivity (Wildman–Crippen MR) is 99.5 cm³/mol. The molecular formula is C18H26N2O6S. The number of nitrogens with one attached hydrogen (secondary N) is 1. The van der Waals surface area contributed by atoms with Crippen molar-refractivity contribution >= 4 is 15.9 Å². The number of hydrogen-bond donors (Lipinski definition) is 1. The Hall–Kier alpha value is -1.84. The van der Waals surface area contributed by atoms with Crippen molar-refractivity contribution in [3.63, 3.8) is 0 Å². The van der Waals surface area contributed by atoms with Gasteiger partial charge >= 0.3 is 0 Å². The number of sulfonamides is 1. The smallest absolute Gasteiger partial charge is 0.224 e.